The Morgan fingerprint density at radius 2 is 1.57 bits per heavy atom. The lowest BCUT2D eigenvalue weighted by Gasteiger charge is -2.13. The summed E-state index contributed by atoms with van der Waals surface area (Å²) in [7, 11) is 2.76. The Morgan fingerprint density at radius 1 is 0.833 bits per heavy atom. The van der Waals surface area contributed by atoms with Gasteiger partial charge in [0.15, 0.2) is 0 Å². The lowest BCUT2D eigenvalue weighted by Crippen LogP contribution is -2.19. The predicted octanol–water partition coefficient (Wildman–Crippen LogP) is 3.38. The van der Waals surface area contributed by atoms with Gasteiger partial charge in [-0.25, -0.2) is 9.78 Å². The highest BCUT2D eigenvalue weighted by Crippen LogP contribution is 2.24. The Balaban J connectivity index is 1.83. The van der Waals surface area contributed by atoms with Gasteiger partial charge in [-0.05, 0) is 54.6 Å². The third-order valence-electron chi connectivity index (χ3n) is 4.19. The Hall–Kier alpha value is -4.20. The topological polar surface area (TPSA) is 107 Å². The highest BCUT2D eigenvalue weighted by atomic mass is 16.5. The summed E-state index contributed by atoms with van der Waals surface area (Å²) in [6.45, 7) is 0. The van der Waals surface area contributed by atoms with Crippen LogP contribution in [0, 0.1) is 0 Å². The fraction of sp³-hybridized carbons (Fsp3) is 0.0909. The van der Waals surface area contributed by atoms with E-state index in [9.17, 15) is 14.4 Å². The Kier molecular flexibility index (Phi) is 6.39. The smallest absolute Gasteiger partial charge is 0.337 e. The molecule has 0 aliphatic rings. The van der Waals surface area contributed by atoms with E-state index < -0.39 is 17.8 Å². The molecule has 152 valence electrons. The van der Waals surface area contributed by atoms with Crippen molar-refractivity contribution in [2.75, 3.05) is 24.9 Å². The van der Waals surface area contributed by atoms with E-state index in [0.717, 1.165) is 0 Å². The third kappa shape index (κ3) is 4.79. The quantitative estimate of drug-likeness (QED) is 0.609. The molecule has 0 spiro atoms. The molecule has 0 saturated carbocycles. The van der Waals surface area contributed by atoms with Crippen LogP contribution in [0.5, 0.6) is 5.75 Å². The number of hydrogen-bond donors (Lipinski definition) is 2. The highest BCUT2D eigenvalue weighted by Gasteiger charge is 2.17. The van der Waals surface area contributed by atoms with E-state index in [1.54, 1.807) is 36.5 Å². The minimum atomic E-state index is -0.495. The normalized spacial score (nSPS) is 10.1. The lowest BCUT2D eigenvalue weighted by molar-refractivity contribution is 0.0600. The van der Waals surface area contributed by atoms with Crippen LogP contribution in [-0.4, -0.2) is 37.0 Å². The summed E-state index contributed by atoms with van der Waals surface area (Å²) in [4.78, 5) is 41.0. The third-order valence-corrected chi connectivity index (χ3v) is 4.19. The standard InChI is InChI=1S/C22H19N3O5/c1-29-16-10-11-18(17(13-16)21(27)25-19-5-3-4-12-23-19)24-20(26)14-6-8-15(9-7-14)22(28)30-2/h3-13H,1-2H3,(H,24,26)(H,23,25,27). The van der Waals surface area contributed by atoms with E-state index in [4.69, 9.17) is 4.74 Å². The van der Waals surface area contributed by atoms with Gasteiger partial charge in [-0.15, -0.1) is 0 Å². The van der Waals surface area contributed by atoms with Gasteiger partial charge in [0.05, 0.1) is 31.0 Å². The highest BCUT2D eigenvalue weighted by molar-refractivity contribution is 6.12. The molecule has 8 nitrogen and oxygen atoms in total. The van der Waals surface area contributed by atoms with Gasteiger partial charge in [0.25, 0.3) is 11.8 Å². The number of rotatable bonds is 6. The van der Waals surface area contributed by atoms with Crippen molar-refractivity contribution in [3.05, 3.63) is 83.6 Å². The van der Waals surface area contributed by atoms with Crippen molar-refractivity contribution >= 4 is 29.3 Å². The van der Waals surface area contributed by atoms with Crippen molar-refractivity contribution in [1.29, 1.82) is 0 Å². The number of benzene rings is 2. The van der Waals surface area contributed by atoms with Crippen LogP contribution in [0.3, 0.4) is 0 Å². The van der Waals surface area contributed by atoms with Crippen molar-refractivity contribution in [2.45, 2.75) is 0 Å². The number of carbonyl (C=O) groups excluding carboxylic acids is 3. The molecule has 1 heterocycles. The average Bonchev–Trinajstić information content (AvgIpc) is 2.79. The molecule has 8 heteroatoms. The first-order chi connectivity index (χ1) is 14.5. The molecule has 30 heavy (non-hydrogen) atoms. The summed E-state index contributed by atoms with van der Waals surface area (Å²) in [6, 6.07) is 15.8. The molecule has 0 fully saturated rings. The van der Waals surface area contributed by atoms with Crippen LogP contribution >= 0.6 is 0 Å². The second-order valence-electron chi connectivity index (χ2n) is 6.10. The predicted molar refractivity (Wildman–Crippen MR) is 111 cm³/mol. The molecule has 3 rings (SSSR count). The van der Waals surface area contributed by atoms with Crippen LogP contribution in [0.2, 0.25) is 0 Å². The zero-order valence-electron chi connectivity index (χ0n) is 16.3. The number of nitrogens with one attached hydrogen (secondary N) is 2. The lowest BCUT2D eigenvalue weighted by atomic mass is 10.1. The molecular weight excluding hydrogens is 386 g/mol. The van der Waals surface area contributed by atoms with Gasteiger partial charge in [0.1, 0.15) is 11.6 Å². The largest absolute Gasteiger partial charge is 0.497 e. The summed E-state index contributed by atoms with van der Waals surface area (Å²) in [5.41, 5.74) is 1.15. The van der Waals surface area contributed by atoms with Gasteiger partial charge in [-0.2, -0.15) is 0 Å². The molecule has 0 radical (unpaired) electrons. The summed E-state index contributed by atoms with van der Waals surface area (Å²) < 4.78 is 9.84. The first kappa shape index (κ1) is 20.5. The molecule has 1 aromatic heterocycles. The number of methoxy groups -OCH3 is 2. The van der Waals surface area contributed by atoms with Crippen molar-refractivity contribution in [3.63, 3.8) is 0 Å². The van der Waals surface area contributed by atoms with E-state index in [-0.39, 0.29) is 5.56 Å². The molecule has 2 amide bonds. The maximum atomic E-state index is 12.8. The van der Waals surface area contributed by atoms with E-state index in [2.05, 4.69) is 20.4 Å². The van der Waals surface area contributed by atoms with Crippen LogP contribution in [0.25, 0.3) is 0 Å². The summed E-state index contributed by atoms with van der Waals surface area (Å²) in [5.74, 6) is -0.555. The van der Waals surface area contributed by atoms with Crippen LogP contribution < -0.4 is 15.4 Å². The number of anilines is 2. The molecule has 2 aromatic carbocycles. The number of ether oxygens (including phenoxy) is 2. The molecule has 0 bridgehead atoms. The molecule has 0 aliphatic heterocycles. The number of hydrogen-bond acceptors (Lipinski definition) is 6. The monoisotopic (exact) mass is 405 g/mol. The minimum Gasteiger partial charge on any atom is -0.497 e. The molecule has 3 aromatic rings. The molecule has 0 saturated heterocycles. The zero-order chi connectivity index (χ0) is 21.5. The molecule has 0 atom stereocenters. The average molecular weight is 405 g/mol. The van der Waals surface area contributed by atoms with Crippen LogP contribution in [0.15, 0.2) is 66.9 Å². The number of amides is 2. The van der Waals surface area contributed by atoms with Gasteiger partial charge in [-0.1, -0.05) is 6.07 Å². The summed E-state index contributed by atoms with van der Waals surface area (Å²) in [5, 5.41) is 5.40. The van der Waals surface area contributed by atoms with Crippen molar-refractivity contribution in [3.8, 4) is 5.75 Å². The van der Waals surface area contributed by atoms with Gasteiger partial charge >= 0.3 is 5.97 Å². The Morgan fingerprint density at radius 3 is 2.20 bits per heavy atom. The first-order valence-corrected chi connectivity index (χ1v) is 8.92. The number of aromatic nitrogens is 1. The van der Waals surface area contributed by atoms with Crippen molar-refractivity contribution in [2.24, 2.45) is 0 Å². The zero-order valence-corrected chi connectivity index (χ0v) is 16.3. The maximum Gasteiger partial charge on any atom is 0.337 e. The van der Waals surface area contributed by atoms with Crippen LogP contribution in [0.4, 0.5) is 11.5 Å². The Labute approximate surface area is 172 Å². The number of nitrogens with zero attached hydrogens (tertiary/aromatic N) is 1. The van der Waals surface area contributed by atoms with Gasteiger partial charge in [-0.3, -0.25) is 9.59 Å². The van der Waals surface area contributed by atoms with Gasteiger partial charge < -0.3 is 20.1 Å². The second-order valence-corrected chi connectivity index (χ2v) is 6.10. The summed E-state index contributed by atoms with van der Waals surface area (Å²) >= 11 is 0. The molecular formula is C22H19N3O5. The summed E-state index contributed by atoms with van der Waals surface area (Å²) in [6.07, 6.45) is 1.56. The SMILES string of the molecule is COC(=O)c1ccc(C(=O)Nc2ccc(OC)cc2C(=O)Nc2ccccn2)cc1. The van der Waals surface area contributed by atoms with Gasteiger partial charge in [0.2, 0.25) is 0 Å². The molecule has 0 aliphatic carbocycles. The van der Waals surface area contributed by atoms with Crippen LogP contribution in [0.1, 0.15) is 31.1 Å². The van der Waals surface area contributed by atoms with Crippen molar-refractivity contribution in [1.82, 2.24) is 4.98 Å². The van der Waals surface area contributed by atoms with Crippen LogP contribution in [-0.2, 0) is 4.74 Å². The number of esters is 1. The maximum absolute atomic E-state index is 12.8. The molecule has 2 N–H and O–H groups in total. The fourth-order valence-electron chi connectivity index (χ4n) is 2.64. The molecule has 0 unspecified atom stereocenters. The first-order valence-electron chi connectivity index (χ1n) is 8.92. The van der Waals surface area contributed by atoms with Gasteiger partial charge in [0, 0.05) is 11.8 Å². The minimum absolute atomic E-state index is 0.208. The fourth-order valence-corrected chi connectivity index (χ4v) is 2.64. The second kappa shape index (κ2) is 9.33. The Bertz CT molecular complexity index is 1070. The number of pyridine rings is 1. The number of carbonyl (C=O) groups is 3. The van der Waals surface area contributed by atoms with E-state index >= 15 is 0 Å². The van der Waals surface area contributed by atoms with E-state index in [1.165, 1.54) is 44.6 Å². The van der Waals surface area contributed by atoms with E-state index in [0.29, 0.717) is 28.4 Å². The van der Waals surface area contributed by atoms with Crippen molar-refractivity contribution < 1.29 is 23.9 Å². The van der Waals surface area contributed by atoms with E-state index in [1.807, 2.05) is 0 Å².